The highest BCUT2D eigenvalue weighted by molar-refractivity contribution is 9.10. The van der Waals surface area contributed by atoms with Crippen molar-refractivity contribution in [2.45, 2.75) is 19.3 Å². The molecule has 0 heterocycles. The van der Waals surface area contributed by atoms with Gasteiger partial charge in [0.2, 0.25) is 0 Å². The monoisotopic (exact) mass is 333 g/mol. The molecule has 1 aliphatic rings. The van der Waals surface area contributed by atoms with Gasteiger partial charge in [0.05, 0.1) is 5.56 Å². The quantitative estimate of drug-likeness (QED) is 0.870. The van der Waals surface area contributed by atoms with Gasteiger partial charge in [0, 0.05) is 10.2 Å². The first kappa shape index (κ1) is 13.3. The Labute approximate surface area is 125 Å². The summed E-state index contributed by atoms with van der Waals surface area (Å²) in [5.74, 6) is -0.610. The van der Waals surface area contributed by atoms with Gasteiger partial charge in [0.15, 0.2) is 0 Å². The number of amides is 1. The zero-order valence-electron chi connectivity index (χ0n) is 10.7. The molecule has 2 nitrogen and oxygen atoms in total. The third-order valence-corrected chi connectivity index (χ3v) is 4.19. The van der Waals surface area contributed by atoms with Crippen molar-refractivity contribution in [3.63, 3.8) is 0 Å². The largest absolute Gasteiger partial charge is 0.322 e. The van der Waals surface area contributed by atoms with Gasteiger partial charge in [0.1, 0.15) is 5.82 Å². The van der Waals surface area contributed by atoms with E-state index in [-0.39, 0.29) is 11.7 Å². The molecule has 0 fully saturated rings. The standard InChI is InChI=1S/C16H13BrFNO/c17-15-9-12(18)5-7-14(15)16(20)19-13-6-4-10-2-1-3-11(10)8-13/h4-9H,1-3H2,(H,19,20). The molecule has 20 heavy (non-hydrogen) atoms. The van der Waals surface area contributed by atoms with E-state index >= 15 is 0 Å². The molecule has 0 bridgehead atoms. The molecule has 0 aromatic heterocycles. The van der Waals surface area contributed by atoms with Crippen LogP contribution < -0.4 is 5.32 Å². The number of fused-ring (bicyclic) bond motifs is 1. The van der Waals surface area contributed by atoms with Crippen LogP contribution in [0, 0.1) is 5.82 Å². The SMILES string of the molecule is O=C(Nc1ccc2c(c1)CCC2)c1ccc(F)cc1Br. The molecular formula is C16H13BrFNO. The first-order valence-corrected chi connectivity index (χ1v) is 7.31. The van der Waals surface area contributed by atoms with Crippen molar-refractivity contribution in [3.8, 4) is 0 Å². The molecule has 1 amide bonds. The van der Waals surface area contributed by atoms with Crippen LogP contribution in [0.3, 0.4) is 0 Å². The number of nitrogens with one attached hydrogen (secondary N) is 1. The van der Waals surface area contributed by atoms with Crippen molar-refractivity contribution < 1.29 is 9.18 Å². The van der Waals surface area contributed by atoms with Crippen molar-refractivity contribution in [3.05, 3.63) is 63.4 Å². The van der Waals surface area contributed by atoms with Crippen LogP contribution in [0.5, 0.6) is 0 Å². The minimum absolute atomic E-state index is 0.241. The second kappa shape index (κ2) is 5.37. The first-order valence-electron chi connectivity index (χ1n) is 6.52. The summed E-state index contributed by atoms with van der Waals surface area (Å²) in [5, 5.41) is 2.86. The van der Waals surface area contributed by atoms with E-state index in [2.05, 4.69) is 27.3 Å². The van der Waals surface area contributed by atoms with Crippen LogP contribution in [0.1, 0.15) is 27.9 Å². The van der Waals surface area contributed by atoms with Crippen molar-refractivity contribution in [2.75, 3.05) is 5.32 Å². The summed E-state index contributed by atoms with van der Waals surface area (Å²) in [5.41, 5.74) is 3.88. The van der Waals surface area contributed by atoms with E-state index in [1.807, 2.05) is 12.1 Å². The predicted molar refractivity (Wildman–Crippen MR) is 80.5 cm³/mol. The van der Waals surface area contributed by atoms with Gasteiger partial charge in [-0.05, 0) is 76.7 Å². The van der Waals surface area contributed by atoms with Crippen LogP contribution in [0.4, 0.5) is 10.1 Å². The smallest absolute Gasteiger partial charge is 0.256 e. The Morgan fingerprint density at radius 1 is 1.10 bits per heavy atom. The fourth-order valence-corrected chi connectivity index (χ4v) is 3.05. The topological polar surface area (TPSA) is 29.1 Å². The average molecular weight is 334 g/mol. The number of aryl methyl sites for hydroxylation is 2. The maximum absolute atomic E-state index is 13.0. The van der Waals surface area contributed by atoms with Crippen LogP contribution in [0.15, 0.2) is 40.9 Å². The van der Waals surface area contributed by atoms with E-state index in [1.54, 1.807) is 0 Å². The summed E-state index contributed by atoms with van der Waals surface area (Å²) in [4.78, 5) is 12.2. The van der Waals surface area contributed by atoms with Gasteiger partial charge in [-0.3, -0.25) is 4.79 Å². The van der Waals surface area contributed by atoms with Crippen molar-refractivity contribution >= 4 is 27.5 Å². The van der Waals surface area contributed by atoms with Crippen LogP contribution in [-0.4, -0.2) is 5.91 Å². The maximum Gasteiger partial charge on any atom is 0.256 e. The Hall–Kier alpha value is -1.68. The minimum Gasteiger partial charge on any atom is -0.322 e. The molecule has 0 spiro atoms. The molecule has 102 valence electrons. The molecule has 0 saturated carbocycles. The van der Waals surface area contributed by atoms with Crippen LogP contribution >= 0.6 is 15.9 Å². The number of carbonyl (C=O) groups excluding carboxylic acids is 1. The van der Waals surface area contributed by atoms with Crippen LogP contribution in [0.2, 0.25) is 0 Å². The molecular weight excluding hydrogens is 321 g/mol. The molecule has 0 radical (unpaired) electrons. The molecule has 3 rings (SSSR count). The van der Waals surface area contributed by atoms with E-state index in [0.717, 1.165) is 18.5 Å². The summed E-state index contributed by atoms with van der Waals surface area (Å²) in [7, 11) is 0. The highest BCUT2D eigenvalue weighted by Crippen LogP contribution is 2.26. The van der Waals surface area contributed by atoms with Gasteiger partial charge in [0.25, 0.3) is 5.91 Å². The first-order chi connectivity index (χ1) is 9.63. The zero-order valence-corrected chi connectivity index (χ0v) is 12.3. The lowest BCUT2D eigenvalue weighted by Gasteiger charge is -2.09. The fraction of sp³-hybridized carbons (Fsp3) is 0.188. The van der Waals surface area contributed by atoms with E-state index in [4.69, 9.17) is 0 Å². The number of hydrogen-bond acceptors (Lipinski definition) is 1. The Balaban J connectivity index is 1.82. The van der Waals surface area contributed by atoms with Crippen molar-refractivity contribution in [1.82, 2.24) is 0 Å². The molecule has 1 aliphatic carbocycles. The number of rotatable bonds is 2. The number of hydrogen-bond donors (Lipinski definition) is 1. The van der Waals surface area contributed by atoms with Crippen molar-refractivity contribution in [2.24, 2.45) is 0 Å². The van der Waals surface area contributed by atoms with Crippen LogP contribution in [-0.2, 0) is 12.8 Å². The summed E-state index contributed by atoms with van der Waals surface area (Å²) in [6.45, 7) is 0. The Kier molecular flexibility index (Phi) is 3.57. The average Bonchev–Trinajstić information content (AvgIpc) is 2.85. The molecule has 4 heteroatoms. The third-order valence-electron chi connectivity index (χ3n) is 3.53. The normalized spacial score (nSPS) is 13.1. The van der Waals surface area contributed by atoms with Crippen LogP contribution in [0.25, 0.3) is 0 Å². The number of anilines is 1. The Bertz CT molecular complexity index is 684. The molecule has 0 saturated heterocycles. The zero-order chi connectivity index (χ0) is 14.1. The van der Waals surface area contributed by atoms with Gasteiger partial charge in [-0.1, -0.05) is 6.07 Å². The lowest BCUT2D eigenvalue weighted by atomic mass is 10.1. The maximum atomic E-state index is 13.0. The van der Waals surface area contributed by atoms with Gasteiger partial charge >= 0.3 is 0 Å². The van der Waals surface area contributed by atoms with Gasteiger partial charge in [-0.15, -0.1) is 0 Å². The second-order valence-corrected chi connectivity index (χ2v) is 5.77. The summed E-state index contributed by atoms with van der Waals surface area (Å²) < 4.78 is 13.5. The fourth-order valence-electron chi connectivity index (χ4n) is 2.52. The number of halogens is 2. The van der Waals surface area contributed by atoms with Gasteiger partial charge in [-0.25, -0.2) is 4.39 Å². The van der Waals surface area contributed by atoms with E-state index in [9.17, 15) is 9.18 Å². The van der Waals surface area contributed by atoms with Gasteiger partial charge < -0.3 is 5.32 Å². The highest BCUT2D eigenvalue weighted by Gasteiger charge is 2.14. The Morgan fingerprint density at radius 3 is 2.70 bits per heavy atom. The number of benzene rings is 2. The lowest BCUT2D eigenvalue weighted by Crippen LogP contribution is -2.12. The summed E-state index contributed by atoms with van der Waals surface area (Å²) in [6.07, 6.45) is 3.36. The van der Waals surface area contributed by atoms with Crippen molar-refractivity contribution in [1.29, 1.82) is 0 Å². The summed E-state index contributed by atoms with van der Waals surface area (Å²) >= 11 is 3.21. The predicted octanol–water partition coefficient (Wildman–Crippen LogP) is 4.33. The second-order valence-electron chi connectivity index (χ2n) is 4.92. The van der Waals surface area contributed by atoms with E-state index in [0.29, 0.717) is 10.0 Å². The lowest BCUT2D eigenvalue weighted by molar-refractivity contribution is 0.102. The highest BCUT2D eigenvalue weighted by atomic mass is 79.9. The summed E-state index contributed by atoms with van der Waals surface area (Å²) in [6, 6.07) is 10.1. The van der Waals surface area contributed by atoms with E-state index < -0.39 is 0 Å². The van der Waals surface area contributed by atoms with E-state index in [1.165, 1.54) is 35.7 Å². The molecule has 0 unspecified atom stereocenters. The molecule has 2 aromatic carbocycles. The Morgan fingerprint density at radius 2 is 1.90 bits per heavy atom. The third kappa shape index (κ3) is 2.61. The number of carbonyl (C=O) groups is 1. The molecule has 1 N–H and O–H groups in total. The molecule has 2 aromatic rings. The molecule has 0 atom stereocenters. The van der Waals surface area contributed by atoms with Gasteiger partial charge in [-0.2, -0.15) is 0 Å². The molecule has 0 aliphatic heterocycles. The minimum atomic E-state index is -0.369.